The lowest BCUT2D eigenvalue weighted by atomic mass is 10.1. The predicted molar refractivity (Wildman–Crippen MR) is 37.6 cm³/mol. The zero-order valence-electron chi connectivity index (χ0n) is 6.49. The van der Waals surface area contributed by atoms with Gasteiger partial charge in [0.1, 0.15) is 6.10 Å². The topological polar surface area (TPSA) is 93.0 Å². The van der Waals surface area contributed by atoms with Gasteiger partial charge in [0, 0.05) is 0 Å². The Morgan fingerprint density at radius 1 is 1.45 bits per heavy atom. The number of hydrogen-bond donors (Lipinski definition) is 5. The van der Waals surface area contributed by atoms with Gasteiger partial charge in [-0.3, -0.25) is 0 Å². The first-order valence-corrected chi connectivity index (χ1v) is 3.58. The Labute approximate surface area is 65.2 Å². The predicted octanol–water partition coefficient (Wildman–Crippen LogP) is -0.845. The quantitative estimate of drug-likeness (QED) is 0.270. The highest BCUT2D eigenvalue weighted by Gasteiger charge is 2.31. The molecule has 0 radical (unpaired) electrons. The zero-order valence-corrected chi connectivity index (χ0v) is 6.49. The van der Waals surface area contributed by atoms with Crippen molar-refractivity contribution in [3.05, 3.63) is 0 Å². The van der Waals surface area contributed by atoms with E-state index in [0.717, 1.165) is 6.42 Å². The summed E-state index contributed by atoms with van der Waals surface area (Å²) in [5.41, 5.74) is 1.21. The zero-order chi connectivity index (χ0) is 8.91. The van der Waals surface area contributed by atoms with E-state index in [0.29, 0.717) is 6.42 Å². The van der Waals surface area contributed by atoms with Crippen LogP contribution in [0, 0.1) is 0 Å². The van der Waals surface area contributed by atoms with Crippen LogP contribution in [0.3, 0.4) is 0 Å². The highest BCUT2D eigenvalue weighted by atomic mass is 16.6. The second-order valence-electron chi connectivity index (χ2n) is 2.50. The SMILES string of the molecule is CCCCC(O)C(O)(O)NO. The number of hydrogen-bond acceptors (Lipinski definition) is 5. The van der Waals surface area contributed by atoms with Crippen molar-refractivity contribution in [1.82, 2.24) is 5.48 Å². The molecular weight excluding hydrogens is 150 g/mol. The maximum Gasteiger partial charge on any atom is 0.271 e. The van der Waals surface area contributed by atoms with Crippen molar-refractivity contribution in [2.24, 2.45) is 0 Å². The van der Waals surface area contributed by atoms with Gasteiger partial charge in [0.15, 0.2) is 0 Å². The maximum atomic E-state index is 8.99. The molecule has 0 heterocycles. The summed E-state index contributed by atoms with van der Waals surface area (Å²) in [7, 11) is 0. The number of rotatable bonds is 5. The lowest BCUT2D eigenvalue weighted by molar-refractivity contribution is -0.289. The van der Waals surface area contributed by atoms with Crippen molar-refractivity contribution in [3.63, 3.8) is 0 Å². The Morgan fingerprint density at radius 3 is 2.36 bits per heavy atom. The molecule has 68 valence electrons. The highest BCUT2D eigenvalue weighted by molar-refractivity contribution is 4.67. The second kappa shape index (κ2) is 4.63. The summed E-state index contributed by atoms with van der Waals surface area (Å²) in [6.07, 6.45) is 0.383. The van der Waals surface area contributed by atoms with E-state index < -0.39 is 12.0 Å². The van der Waals surface area contributed by atoms with Crippen LogP contribution in [0.15, 0.2) is 0 Å². The van der Waals surface area contributed by atoms with Crippen LogP contribution in [-0.2, 0) is 0 Å². The molecule has 5 N–H and O–H groups in total. The van der Waals surface area contributed by atoms with E-state index >= 15 is 0 Å². The van der Waals surface area contributed by atoms with Gasteiger partial charge < -0.3 is 20.5 Å². The van der Waals surface area contributed by atoms with Gasteiger partial charge in [-0.25, -0.2) is 0 Å². The van der Waals surface area contributed by atoms with Crippen LogP contribution in [0.25, 0.3) is 0 Å². The molecule has 0 aromatic rings. The molecule has 0 spiro atoms. The minimum absolute atomic E-state index is 0.233. The second-order valence-corrected chi connectivity index (χ2v) is 2.50. The first kappa shape index (κ1) is 10.8. The Balaban J connectivity index is 3.71. The molecule has 0 saturated carbocycles. The van der Waals surface area contributed by atoms with Gasteiger partial charge in [-0.05, 0) is 6.42 Å². The van der Waals surface area contributed by atoms with Crippen LogP contribution in [0.5, 0.6) is 0 Å². The largest absolute Gasteiger partial charge is 0.386 e. The number of nitrogens with one attached hydrogen (secondary N) is 1. The van der Waals surface area contributed by atoms with Crippen LogP contribution < -0.4 is 5.48 Å². The summed E-state index contributed by atoms with van der Waals surface area (Å²) in [6.45, 7) is 1.91. The first-order valence-electron chi connectivity index (χ1n) is 3.58. The van der Waals surface area contributed by atoms with Crippen LogP contribution in [0.4, 0.5) is 0 Å². The summed E-state index contributed by atoms with van der Waals surface area (Å²) >= 11 is 0. The van der Waals surface area contributed by atoms with Gasteiger partial charge in [0.2, 0.25) is 0 Å². The smallest absolute Gasteiger partial charge is 0.271 e. The summed E-state index contributed by atoms with van der Waals surface area (Å²) < 4.78 is 0. The Morgan fingerprint density at radius 2 is 2.00 bits per heavy atom. The van der Waals surface area contributed by atoms with E-state index in [9.17, 15) is 0 Å². The number of hydroxylamine groups is 1. The third-order valence-corrected chi connectivity index (χ3v) is 1.46. The molecule has 0 fully saturated rings. The van der Waals surface area contributed by atoms with Gasteiger partial charge >= 0.3 is 0 Å². The molecule has 0 rings (SSSR count). The lowest BCUT2D eigenvalue weighted by Gasteiger charge is -2.24. The van der Waals surface area contributed by atoms with Crippen LogP contribution in [0.2, 0.25) is 0 Å². The van der Waals surface area contributed by atoms with Gasteiger partial charge in [-0.1, -0.05) is 19.8 Å². The fourth-order valence-corrected chi connectivity index (χ4v) is 0.673. The van der Waals surface area contributed by atoms with Gasteiger partial charge in [-0.2, -0.15) is 0 Å². The lowest BCUT2D eigenvalue weighted by Crippen LogP contribution is -2.53. The van der Waals surface area contributed by atoms with Crippen LogP contribution >= 0.6 is 0 Å². The van der Waals surface area contributed by atoms with Gasteiger partial charge in [0.05, 0.1) is 0 Å². The number of unbranched alkanes of at least 4 members (excludes halogenated alkanes) is 1. The summed E-state index contributed by atoms with van der Waals surface area (Å²) in [6, 6.07) is 0. The maximum absolute atomic E-state index is 8.99. The van der Waals surface area contributed by atoms with E-state index in [1.54, 1.807) is 0 Å². The first-order chi connectivity index (χ1) is 5.04. The summed E-state index contributed by atoms with van der Waals surface area (Å²) in [4.78, 5) is 0. The number of aliphatic hydroxyl groups excluding tert-OH is 1. The van der Waals surface area contributed by atoms with Crippen molar-refractivity contribution in [2.45, 2.75) is 38.2 Å². The fraction of sp³-hybridized carbons (Fsp3) is 1.00. The number of aliphatic hydroxyl groups is 3. The Kier molecular flexibility index (Phi) is 4.55. The molecule has 0 aromatic heterocycles. The van der Waals surface area contributed by atoms with Crippen LogP contribution in [-0.4, -0.2) is 32.5 Å². The van der Waals surface area contributed by atoms with Crippen molar-refractivity contribution in [2.75, 3.05) is 0 Å². The molecule has 0 bridgehead atoms. The molecule has 0 aromatic carbocycles. The molecule has 5 heteroatoms. The van der Waals surface area contributed by atoms with Crippen LogP contribution in [0.1, 0.15) is 26.2 Å². The molecule has 1 atom stereocenters. The third kappa shape index (κ3) is 3.64. The van der Waals surface area contributed by atoms with E-state index in [1.807, 2.05) is 6.92 Å². The normalized spacial score (nSPS) is 15.0. The average molecular weight is 165 g/mol. The van der Waals surface area contributed by atoms with E-state index in [2.05, 4.69) is 0 Å². The van der Waals surface area contributed by atoms with E-state index in [-0.39, 0.29) is 6.42 Å². The van der Waals surface area contributed by atoms with Crippen molar-refractivity contribution >= 4 is 0 Å². The molecule has 1 unspecified atom stereocenters. The summed E-state index contributed by atoms with van der Waals surface area (Å²) in [5, 5.41) is 34.7. The molecule has 5 nitrogen and oxygen atoms in total. The van der Waals surface area contributed by atoms with Crippen molar-refractivity contribution < 1.29 is 20.5 Å². The minimum atomic E-state index is -2.59. The molecule has 0 saturated heterocycles. The Bertz CT molecular complexity index is 107. The van der Waals surface area contributed by atoms with E-state index in [1.165, 1.54) is 5.48 Å². The molecule has 0 aliphatic rings. The molecule has 0 aliphatic carbocycles. The molecule has 0 amide bonds. The Hall–Kier alpha value is -0.200. The molecule has 11 heavy (non-hydrogen) atoms. The third-order valence-electron chi connectivity index (χ3n) is 1.46. The van der Waals surface area contributed by atoms with Gasteiger partial charge in [-0.15, -0.1) is 5.48 Å². The fourth-order valence-electron chi connectivity index (χ4n) is 0.673. The minimum Gasteiger partial charge on any atom is -0.386 e. The molecule has 0 aliphatic heterocycles. The average Bonchev–Trinajstić information content (AvgIpc) is 2.00. The van der Waals surface area contributed by atoms with Crippen molar-refractivity contribution in [3.8, 4) is 0 Å². The molecular formula is C6H15NO4. The summed E-state index contributed by atoms with van der Waals surface area (Å²) in [5.74, 6) is -2.59. The standard InChI is InChI=1S/C6H15NO4/c1-2-3-4-5(8)6(9,10)7-11/h5,7-11H,2-4H2,1H3. The van der Waals surface area contributed by atoms with E-state index in [4.69, 9.17) is 20.5 Å². The van der Waals surface area contributed by atoms with Crippen molar-refractivity contribution in [1.29, 1.82) is 0 Å². The monoisotopic (exact) mass is 165 g/mol. The highest BCUT2D eigenvalue weighted by Crippen LogP contribution is 2.09. The van der Waals surface area contributed by atoms with Gasteiger partial charge in [0.25, 0.3) is 5.91 Å².